The summed E-state index contributed by atoms with van der Waals surface area (Å²) in [6.45, 7) is 4.18. The number of hydrogen-bond donors (Lipinski definition) is 1. The van der Waals surface area contributed by atoms with E-state index in [1.54, 1.807) is 25.3 Å². The minimum atomic E-state index is 0.0176. The van der Waals surface area contributed by atoms with Crippen LogP contribution in [0.15, 0.2) is 23.6 Å². The van der Waals surface area contributed by atoms with Crippen LogP contribution in [0.1, 0.15) is 40.8 Å². The van der Waals surface area contributed by atoms with Crippen molar-refractivity contribution < 1.29 is 9.53 Å². The number of rotatable bonds is 5. The van der Waals surface area contributed by atoms with Crippen molar-refractivity contribution in [3.05, 3.63) is 39.8 Å². The number of ether oxygens (including phenoxy) is 1. The summed E-state index contributed by atoms with van der Waals surface area (Å²) in [5.41, 5.74) is 7.91. The van der Waals surface area contributed by atoms with Gasteiger partial charge < -0.3 is 10.5 Å². The summed E-state index contributed by atoms with van der Waals surface area (Å²) < 4.78 is 5.08. The summed E-state index contributed by atoms with van der Waals surface area (Å²) >= 11 is 1.52. The molecular formula is C15H18N2O2S. The number of nitrogens with two attached hydrogens (primary N) is 1. The van der Waals surface area contributed by atoms with Crippen molar-refractivity contribution in [2.75, 3.05) is 12.8 Å². The molecule has 5 heteroatoms. The number of methoxy groups -OCH3 is 1. The highest BCUT2D eigenvalue weighted by Gasteiger charge is 2.13. The summed E-state index contributed by atoms with van der Waals surface area (Å²) in [5.74, 6) is 0.980. The highest BCUT2D eigenvalue weighted by atomic mass is 32.1. The zero-order valence-electron chi connectivity index (χ0n) is 11.8. The number of thiazole rings is 1. The van der Waals surface area contributed by atoms with Gasteiger partial charge in [0, 0.05) is 10.9 Å². The van der Waals surface area contributed by atoms with E-state index in [0.717, 1.165) is 10.7 Å². The van der Waals surface area contributed by atoms with Crippen LogP contribution in [-0.2, 0) is 6.42 Å². The van der Waals surface area contributed by atoms with Gasteiger partial charge in [0.25, 0.3) is 0 Å². The summed E-state index contributed by atoms with van der Waals surface area (Å²) in [4.78, 5) is 16.7. The zero-order valence-corrected chi connectivity index (χ0v) is 12.7. The number of carbonyl (C=O) groups excluding carboxylic acids is 1. The van der Waals surface area contributed by atoms with Crippen LogP contribution in [0.3, 0.4) is 0 Å². The largest absolute Gasteiger partial charge is 0.495 e. The van der Waals surface area contributed by atoms with Crippen LogP contribution in [0, 0.1) is 0 Å². The molecule has 0 fully saturated rings. The Balaban J connectivity index is 2.13. The van der Waals surface area contributed by atoms with Crippen molar-refractivity contribution in [3.63, 3.8) is 0 Å². The third kappa shape index (κ3) is 3.17. The van der Waals surface area contributed by atoms with Crippen LogP contribution in [0.5, 0.6) is 5.75 Å². The molecule has 0 saturated carbocycles. The first-order valence-corrected chi connectivity index (χ1v) is 7.30. The minimum absolute atomic E-state index is 0.0176. The first-order chi connectivity index (χ1) is 9.51. The predicted molar refractivity (Wildman–Crippen MR) is 81.6 cm³/mol. The van der Waals surface area contributed by atoms with Crippen LogP contribution in [-0.4, -0.2) is 17.9 Å². The van der Waals surface area contributed by atoms with E-state index >= 15 is 0 Å². The van der Waals surface area contributed by atoms with E-state index in [0.29, 0.717) is 29.3 Å². The number of Topliss-reactive ketones (excluding diaryl/α,β-unsaturated/α-hetero) is 1. The van der Waals surface area contributed by atoms with Crippen LogP contribution in [0.2, 0.25) is 0 Å². The molecule has 0 aliphatic carbocycles. The number of nitrogen functional groups attached to an aromatic ring is 1. The maximum atomic E-state index is 12.2. The molecular weight excluding hydrogens is 272 g/mol. The first kappa shape index (κ1) is 14.5. The third-order valence-corrected chi connectivity index (χ3v) is 3.89. The summed E-state index contributed by atoms with van der Waals surface area (Å²) in [7, 11) is 1.55. The van der Waals surface area contributed by atoms with Crippen molar-refractivity contribution in [1.82, 2.24) is 4.98 Å². The second kappa shape index (κ2) is 6.05. The van der Waals surface area contributed by atoms with Gasteiger partial charge >= 0.3 is 0 Å². The molecule has 20 heavy (non-hydrogen) atoms. The van der Waals surface area contributed by atoms with E-state index in [-0.39, 0.29) is 5.78 Å². The van der Waals surface area contributed by atoms with Crippen LogP contribution < -0.4 is 10.5 Å². The summed E-state index contributed by atoms with van der Waals surface area (Å²) in [6.07, 6.45) is 0.309. The van der Waals surface area contributed by atoms with Crippen molar-refractivity contribution in [3.8, 4) is 5.75 Å². The molecule has 0 saturated heterocycles. The molecule has 0 spiro atoms. The Morgan fingerprint density at radius 3 is 2.75 bits per heavy atom. The lowest BCUT2D eigenvalue weighted by atomic mass is 10.1. The number of carbonyl (C=O) groups is 1. The van der Waals surface area contributed by atoms with Crippen LogP contribution in [0.4, 0.5) is 5.69 Å². The fraction of sp³-hybridized carbons (Fsp3) is 0.333. The molecule has 0 aliphatic heterocycles. The second-order valence-electron chi connectivity index (χ2n) is 4.88. The Morgan fingerprint density at radius 1 is 1.45 bits per heavy atom. The Hall–Kier alpha value is -1.88. The van der Waals surface area contributed by atoms with Crippen LogP contribution >= 0.6 is 11.3 Å². The van der Waals surface area contributed by atoms with Gasteiger partial charge in [0.2, 0.25) is 0 Å². The second-order valence-corrected chi connectivity index (χ2v) is 5.82. The zero-order chi connectivity index (χ0) is 14.7. The first-order valence-electron chi connectivity index (χ1n) is 6.42. The van der Waals surface area contributed by atoms with Gasteiger partial charge in [-0.05, 0) is 24.1 Å². The molecule has 2 aromatic rings. The Labute approximate surface area is 122 Å². The molecule has 4 nitrogen and oxygen atoms in total. The smallest absolute Gasteiger partial charge is 0.169 e. The highest BCUT2D eigenvalue weighted by molar-refractivity contribution is 7.09. The Bertz CT molecular complexity index is 620. The van der Waals surface area contributed by atoms with E-state index < -0.39 is 0 Å². The van der Waals surface area contributed by atoms with Gasteiger partial charge in [0.1, 0.15) is 10.8 Å². The van der Waals surface area contributed by atoms with Gasteiger partial charge in [-0.2, -0.15) is 0 Å². The van der Waals surface area contributed by atoms with Gasteiger partial charge in [-0.1, -0.05) is 13.8 Å². The van der Waals surface area contributed by atoms with E-state index in [9.17, 15) is 4.79 Å². The number of anilines is 1. The fourth-order valence-corrected chi connectivity index (χ4v) is 2.77. The molecule has 1 aromatic heterocycles. The minimum Gasteiger partial charge on any atom is -0.495 e. The number of nitrogens with zero attached hydrogens (tertiary/aromatic N) is 1. The normalized spacial score (nSPS) is 10.8. The standard InChI is InChI=1S/C15H18N2O2S/c1-9(2)12-8-20-15(17-12)7-13(18)10-4-5-14(19-3)11(16)6-10/h4-6,8-9H,7,16H2,1-3H3. The molecule has 0 unspecified atom stereocenters. The lowest BCUT2D eigenvalue weighted by molar-refractivity contribution is 0.0993. The highest BCUT2D eigenvalue weighted by Crippen LogP contribution is 2.24. The molecule has 2 rings (SSSR count). The summed E-state index contributed by atoms with van der Waals surface area (Å²) in [5, 5.41) is 2.85. The monoisotopic (exact) mass is 290 g/mol. The Morgan fingerprint density at radius 2 is 2.20 bits per heavy atom. The van der Waals surface area contributed by atoms with Gasteiger partial charge in [0.15, 0.2) is 5.78 Å². The molecule has 0 radical (unpaired) electrons. The molecule has 0 amide bonds. The fourth-order valence-electron chi connectivity index (χ4n) is 1.82. The number of benzene rings is 1. The van der Waals surface area contributed by atoms with Crippen LogP contribution in [0.25, 0.3) is 0 Å². The topological polar surface area (TPSA) is 65.2 Å². The molecule has 106 valence electrons. The van der Waals surface area contributed by atoms with Crippen molar-refractivity contribution in [1.29, 1.82) is 0 Å². The van der Waals surface area contributed by atoms with Crippen molar-refractivity contribution in [2.45, 2.75) is 26.2 Å². The molecule has 1 aromatic carbocycles. The van der Waals surface area contributed by atoms with Gasteiger partial charge in [-0.15, -0.1) is 11.3 Å². The van der Waals surface area contributed by atoms with E-state index in [1.165, 1.54) is 11.3 Å². The lowest BCUT2D eigenvalue weighted by Gasteiger charge is -2.06. The third-order valence-electron chi connectivity index (χ3n) is 3.02. The average Bonchev–Trinajstić information content (AvgIpc) is 2.87. The molecule has 0 aliphatic rings. The SMILES string of the molecule is COc1ccc(C(=O)Cc2nc(C(C)C)cs2)cc1N. The maximum absolute atomic E-state index is 12.2. The lowest BCUT2D eigenvalue weighted by Crippen LogP contribution is -2.05. The average molecular weight is 290 g/mol. The van der Waals surface area contributed by atoms with Gasteiger partial charge in [-0.25, -0.2) is 4.98 Å². The molecule has 1 heterocycles. The van der Waals surface area contributed by atoms with E-state index in [1.807, 2.05) is 5.38 Å². The number of ketones is 1. The molecule has 0 atom stereocenters. The summed E-state index contributed by atoms with van der Waals surface area (Å²) in [6, 6.07) is 5.09. The Kier molecular flexibility index (Phi) is 4.39. The maximum Gasteiger partial charge on any atom is 0.169 e. The van der Waals surface area contributed by atoms with Gasteiger partial charge in [0.05, 0.1) is 24.9 Å². The van der Waals surface area contributed by atoms with Crippen molar-refractivity contribution in [2.24, 2.45) is 0 Å². The quantitative estimate of drug-likeness (QED) is 0.678. The van der Waals surface area contributed by atoms with Crippen molar-refractivity contribution >= 4 is 22.8 Å². The van der Waals surface area contributed by atoms with E-state index in [4.69, 9.17) is 10.5 Å². The predicted octanol–water partition coefficient (Wildman–Crippen LogP) is 3.28. The van der Waals surface area contributed by atoms with Gasteiger partial charge in [-0.3, -0.25) is 4.79 Å². The molecule has 0 bridgehead atoms. The number of aromatic nitrogens is 1. The number of hydrogen-bond acceptors (Lipinski definition) is 5. The molecule has 2 N–H and O–H groups in total. The van der Waals surface area contributed by atoms with E-state index in [2.05, 4.69) is 18.8 Å².